The maximum atomic E-state index is 10.1. The lowest BCUT2D eigenvalue weighted by molar-refractivity contribution is 0.228. The van der Waals surface area contributed by atoms with Crippen molar-refractivity contribution >= 4 is 45.9 Å². The minimum Gasteiger partial charge on any atom is -0.382 e. The zero-order valence-electron chi connectivity index (χ0n) is 7.83. The van der Waals surface area contributed by atoms with Crippen molar-refractivity contribution in [2.75, 3.05) is 0 Å². The third-order valence-electron chi connectivity index (χ3n) is 2.04. The van der Waals surface area contributed by atoms with Crippen LogP contribution in [0, 0.1) is 6.92 Å². The number of hydrogen-bond donors (Lipinski definition) is 1. The van der Waals surface area contributed by atoms with Gasteiger partial charge in [-0.15, -0.1) is 22.7 Å². The lowest BCUT2D eigenvalue weighted by Gasteiger charge is -2.06. The highest BCUT2D eigenvalue weighted by atomic mass is 35.5. The molecule has 2 heterocycles. The van der Waals surface area contributed by atoms with Crippen LogP contribution in [0.5, 0.6) is 0 Å². The van der Waals surface area contributed by atoms with E-state index < -0.39 is 6.10 Å². The van der Waals surface area contributed by atoms with E-state index in [9.17, 15) is 5.11 Å². The molecule has 2 aromatic rings. The molecule has 0 amide bonds. The molecule has 0 aromatic carbocycles. The molecule has 0 spiro atoms. The summed E-state index contributed by atoms with van der Waals surface area (Å²) in [5.74, 6) is 0. The van der Waals surface area contributed by atoms with Gasteiger partial charge in [0, 0.05) is 4.88 Å². The van der Waals surface area contributed by atoms with Crippen molar-refractivity contribution in [1.29, 1.82) is 0 Å². The molecule has 0 aliphatic rings. The van der Waals surface area contributed by atoms with Gasteiger partial charge >= 0.3 is 0 Å². The Kier molecular flexibility index (Phi) is 3.38. The predicted molar refractivity (Wildman–Crippen MR) is 67.5 cm³/mol. The molecule has 1 unspecified atom stereocenters. The summed E-state index contributed by atoms with van der Waals surface area (Å²) in [5.41, 5.74) is 0.998. The van der Waals surface area contributed by atoms with Gasteiger partial charge in [-0.3, -0.25) is 0 Å². The Morgan fingerprint density at radius 3 is 2.53 bits per heavy atom. The van der Waals surface area contributed by atoms with Gasteiger partial charge in [-0.05, 0) is 30.0 Å². The summed E-state index contributed by atoms with van der Waals surface area (Å²) >= 11 is 14.7. The van der Waals surface area contributed by atoms with Crippen LogP contribution in [0.2, 0.25) is 9.36 Å². The van der Waals surface area contributed by atoms with Gasteiger partial charge in [-0.25, -0.2) is 0 Å². The lowest BCUT2D eigenvalue weighted by Crippen LogP contribution is -1.94. The minimum absolute atomic E-state index is 0.650. The molecular weight excluding hydrogens is 271 g/mol. The summed E-state index contributed by atoms with van der Waals surface area (Å²) in [5, 5.41) is 12.7. The molecule has 2 aromatic heterocycles. The van der Waals surface area contributed by atoms with Crippen molar-refractivity contribution in [3.8, 4) is 0 Å². The molecule has 0 radical (unpaired) electrons. The number of rotatable bonds is 2. The van der Waals surface area contributed by atoms with Crippen LogP contribution in [0.25, 0.3) is 0 Å². The number of aryl methyl sites for hydroxylation is 1. The standard InChI is InChI=1S/C10H8Cl2OS2/c1-5-4-14-10(8(5)12)9(13)6-2-3-7(11)15-6/h2-4,9,13H,1H3. The van der Waals surface area contributed by atoms with Gasteiger partial charge in [0.1, 0.15) is 6.10 Å². The summed E-state index contributed by atoms with van der Waals surface area (Å²) in [6, 6.07) is 3.60. The van der Waals surface area contributed by atoms with Crippen molar-refractivity contribution in [2.45, 2.75) is 13.0 Å². The van der Waals surface area contributed by atoms with E-state index in [4.69, 9.17) is 23.2 Å². The van der Waals surface area contributed by atoms with Crippen LogP contribution >= 0.6 is 45.9 Å². The Labute approximate surface area is 106 Å². The smallest absolute Gasteiger partial charge is 0.124 e. The normalized spacial score (nSPS) is 13.1. The zero-order valence-corrected chi connectivity index (χ0v) is 11.0. The van der Waals surface area contributed by atoms with Gasteiger partial charge in [-0.2, -0.15) is 0 Å². The van der Waals surface area contributed by atoms with Crippen molar-refractivity contribution < 1.29 is 5.11 Å². The first kappa shape index (κ1) is 11.4. The van der Waals surface area contributed by atoms with Gasteiger partial charge < -0.3 is 5.11 Å². The van der Waals surface area contributed by atoms with E-state index in [1.807, 2.05) is 18.4 Å². The fourth-order valence-corrected chi connectivity index (χ4v) is 3.67. The van der Waals surface area contributed by atoms with Crippen LogP contribution in [-0.4, -0.2) is 5.11 Å². The lowest BCUT2D eigenvalue weighted by atomic mass is 10.2. The van der Waals surface area contributed by atoms with Crippen molar-refractivity contribution in [3.63, 3.8) is 0 Å². The molecule has 0 fully saturated rings. The number of thiophene rings is 2. The summed E-state index contributed by atoms with van der Waals surface area (Å²) < 4.78 is 0.674. The Bertz CT molecular complexity index is 475. The van der Waals surface area contributed by atoms with Crippen LogP contribution < -0.4 is 0 Å². The van der Waals surface area contributed by atoms with Gasteiger partial charge in [0.25, 0.3) is 0 Å². The molecule has 0 saturated carbocycles. The topological polar surface area (TPSA) is 20.2 Å². The Hall–Kier alpha value is -0.0600. The molecule has 1 atom stereocenters. The quantitative estimate of drug-likeness (QED) is 0.857. The number of halogens is 2. The monoisotopic (exact) mass is 278 g/mol. The Morgan fingerprint density at radius 2 is 2.07 bits per heavy atom. The largest absolute Gasteiger partial charge is 0.382 e. The van der Waals surface area contributed by atoms with Gasteiger partial charge in [0.05, 0.1) is 14.2 Å². The van der Waals surface area contributed by atoms with Crippen molar-refractivity contribution in [2.24, 2.45) is 0 Å². The molecule has 0 bridgehead atoms. The highest BCUT2D eigenvalue weighted by molar-refractivity contribution is 7.16. The average molecular weight is 279 g/mol. The average Bonchev–Trinajstić information content (AvgIpc) is 2.75. The maximum absolute atomic E-state index is 10.1. The van der Waals surface area contributed by atoms with Crippen molar-refractivity contribution in [1.82, 2.24) is 0 Å². The van der Waals surface area contributed by atoms with Crippen LogP contribution in [0.15, 0.2) is 17.5 Å². The van der Waals surface area contributed by atoms with E-state index in [0.29, 0.717) is 9.36 Å². The summed E-state index contributed by atoms with van der Waals surface area (Å²) in [4.78, 5) is 1.61. The zero-order chi connectivity index (χ0) is 11.0. The third kappa shape index (κ3) is 2.22. The number of hydrogen-bond acceptors (Lipinski definition) is 3. The summed E-state index contributed by atoms with van der Waals surface area (Å²) in [6.07, 6.45) is -0.659. The predicted octanol–water partition coefficient (Wildman–Crippen LogP) is 4.51. The van der Waals surface area contributed by atoms with E-state index in [1.165, 1.54) is 22.7 Å². The molecule has 15 heavy (non-hydrogen) atoms. The summed E-state index contributed by atoms with van der Waals surface area (Å²) in [6.45, 7) is 1.93. The third-order valence-corrected chi connectivity index (χ3v) is 5.09. The molecule has 80 valence electrons. The highest BCUT2D eigenvalue weighted by Crippen LogP contribution is 2.38. The molecule has 0 aliphatic heterocycles. The first-order chi connectivity index (χ1) is 7.09. The molecule has 0 saturated heterocycles. The van der Waals surface area contributed by atoms with Crippen molar-refractivity contribution in [3.05, 3.63) is 42.2 Å². The fraction of sp³-hybridized carbons (Fsp3) is 0.200. The molecule has 1 nitrogen and oxygen atoms in total. The van der Waals surface area contributed by atoms with E-state index in [-0.39, 0.29) is 0 Å². The summed E-state index contributed by atoms with van der Waals surface area (Å²) in [7, 11) is 0. The number of aliphatic hydroxyl groups excluding tert-OH is 1. The van der Waals surface area contributed by atoms with Crippen LogP contribution in [0.4, 0.5) is 0 Å². The fourth-order valence-electron chi connectivity index (χ4n) is 1.24. The van der Waals surface area contributed by atoms with Gasteiger partial charge in [0.15, 0.2) is 0 Å². The molecule has 0 aliphatic carbocycles. The van der Waals surface area contributed by atoms with E-state index in [2.05, 4.69) is 0 Å². The second kappa shape index (κ2) is 4.44. The second-order valence-electron chi connectivity index (χ2n) is 3.14. The number of aliphatic hydroxyl groups is 1. The molecular formula is C10H8Cl2OS2. The molecule has 1 N–H and O–H groups in total. The molecule has 5 heteroatoms. The maximum Gasteiger partial charge on any atom is 0.124 e. The molecule has 2 rings (SSSR count). The Morgan fingerprint density at radius 1 is 1.33 bits per heavy atom. The van der Waals surface area contributed by atoms with Gasteiger partial charge in [0.2, 0.25) is 0 Å². The van der Waals surface area contributed by atoms with E-state index >= 15 is 0 Å². The first-order valence-electron chi connectivity index (χ1n) is 4.26. The van der Waals surface area contributed by atoms with Crippen LogP contribution in [0.1, 0.15) is 21.4 Å². The first-order valence-corrected chi connectivity index (χ1v) is 6.71. The SMILES string of the molecule is Cc1csc(C(O)c2ccc(Cl)s2)c1Cl. The van der Waals surface area contributed by atoms with Gasteiger partial charge in [-0.1, -0.05) is 23.2 Å². The van der Waals surface area contributed by atoms with Crippen LogP contribution in [-0.2, 0) is 0 Å². The van der Waals surface area contributed by atoms with E-state index in [0.717, 1.165) is 15.3 Å². The second-order valence-corrected chi connectivity index (χ2v) is 6.18. The van der Waals surface area contributed by atoms with E-state index in [1.54, 1.807) is 6.07 Å². The Balaban J connectivity index is 2.36. The van der Waals surface area contributed by atoms with Crippen LogP contribution in [0.3, 0.4) is 0 Å². The minimum atomic E-state index is -0.659. The highest BCUT2D eigenvalue weighted by Gasteiger charge is 2.18.